The van der Waals surface area contributed by atoms with E-state index in [0.29, 0.717) is 35.7 Å². The molecule has 0 aromatic heterocycles. The number of benzene rings is 5. The van der Waals surface area contributed by atoms with Gasteiger partial charge in [0.15, 0.2) is 36.8 Å². The minimum absolute atomic E-state index is 0.107. The van der Waals surface area contributed by atoms with E-state index in [0.717, 1.165) is 26.3 Å². The third-order valence-electron chi connectivity index (χ3n) is 12.1. The van der Waals surface area contributed by atoms with E-state index in [1.54, 1.807) is 73.8 Å². The second-order valence-electron chi connectivity index (χ2n) is 17.2. The summed E-state index contributed by atoms with van der Waals surface area (Å²) in [5, 5.41) is 0. The number of carbonyl (C=O) groups is 6. The normalized spacial score (nSPS) is 24.0. The summed E-state index contributed by atoms with van der Waals surface area (Å²) in [4.78, 5) is 80.0. The zero-order valence-corrected chi connectivity index (χ0v) is 41.0. The molecule has 0 saturated carbocycles. The number of methoxy groups -OCH3 is 2. The van der Waals surface area contributed by atoms with Gasteiger partial charge in [0, 0.05) is 38.5 Å². The first kappa shape index (κ1) is 52.3. The van der Waals surface area contributed by atoms with E-state index in [1.807, 2.05) is 24.3 Å². The van der Waals surface area contributed by atoms with Crippen LogP contribution in [0, 0.1) is 0 Å². The second-order valence-corrected chi connectivity index (χ2v) is 17.2. The van der Waals surface area contributed by atoms with Gasteiger partial charge in [-0.15, -0.1) is 0 Å². The van der Waals surface area contributed by atoms with Gasteiger partial charge >= 0.3 is 35.8 Å². The highest BCUT2D eigenvalue weighted by Gasteiger charge is 2.55. The van der Waals surface area contributed by atoms with Crippen LogP contribution in [-0.4, -0.2) is 119 Å². The average Bonchev–Trinajstić information content (AvgIpc) is 3.41. The summed E-state index contributed by atoms with van der Waals surface area (Å²) in [5.41, 5.74) is 1.92. The van der Waals surface area contributed by atoms with Crippen molar-refractivity contribution in [2.45, 2.75) is 95.0 Å². The fraction of sp³-hybridized carbons (Fsp3) is 0.345. The largest absolute Gasteiger partial charge is 0.497 e. The Labute approximate surface area is 425 Å². The Morgan fingerprint density at radius 1 is 0.541 bits per heavy atom. The molecule has 19 heteroatoms. The molecule has 0 radical (unpaired) electrons. The fourth-order valence-corrected chi connectivity index (χ4v) is 8.68. The molecule has 19 nitrogen and oxygen atoms in total. The fourth-order valence-electron chi connectivity index (χ4n) is 8.68. The van der Waals surface area contributed by atoms with Crippen LogP contribution in [0.3, 0.4) is 0 Å². The Bertz CT molecular complexity index is 2750. The van der Waals surface area contributed by atoms with Gasteiger partial charge in [0.05, 0.1) is 44.1 Å². The third kappa shape index (κ3) is 12.8. The lowest BCUT2D eigenvalue weighted by Crippen LogP contribution is -2.64. The first-order valence-electron chi connectivity index (χ1n) is 23.6. The summed E-state index contributed by atoms with van der Waals surface area (Å²) in [6, 6.07) is 34.7. The number of hydrogen-bond donors (Lipinski definition) is 0. The predicted octanol–water partition coefficient (Wildman–Crippen LogP) is 6.72. The van der Waals surface area contributed by atoms with Gasteiger partial charge in [-0.1, -0.05) is 66.7 Å². The number of fused-ring (bicyclic) bond motifs is 1. The van der Waals surface area contributed by atoms with Crippen LogP contribution in [0.2, 0.25) is 0 Å². The van der Waals surface area contributed by atoms with Gasteiger partial charge in [-0.05, 0) is 66.9 Å². The van der Waals surface area contributed by atoms with Crippen molar-refractivity contribution >= 4 is 35.8 Å². The number of esters is 6. The van der Waals surface area contributed by atoms with Gasteiger partial charge in [-0.25, -0.2) is 14.4 Å². The van der Waals surface area contributed by atoms with Crippen LogP contribution in [0.4, 0.5) is 0 Å². The molecule has 74 heavy (non-hydrogen) atoms. The summed E-state index contributed by atoms with van der Waals surface area (Å²) in [6.07, 6.45) is -13.4. The van der Waals surface area contributed by atoms with Crippen molar-refractivity contribution in [2.24, 2.45) is 0 Å². The number of hydrogen-bond acceptors (Lipinski definition) is 19. The van der Waals surface area contributed by atoms with Crippen LogP contribution in [0.15, 0.2) is 127 Å². The molecule has 3 heterocycles. The Morgan fingerprint density at radius 3 is 1.61 bits per heavy atom. The van der Waals surface area contributed by atoms with Crippen LogP contribution in [0.1, 0.15) is 75.5 Å². The summed E-state index contributed by atoms with van der Waals surface area (Å²) < 4.78 is 78.6. The van der Waals surface area contributed by atoms with Crippen molar-refractivity contribution in [3.8, 4) is 23.0 Å². The molecule has 1 unspecified atom stereocenters. The van der Waals surface area contributed by atoms with Crippen molar-refractivity contribution < 1.29 is 90.3 Å². The van der Waals surface area contributed by atoms with E-state index in [1.165, 1.54) is 43.5 Å². The van der Waals surface area contributed by atoms with E-state index >= 15 is 0 Å². The first-order valence-corrected chi connectivity index (χ1v) is 23.6. The highest BCUT2D eigenvalue weighted by atomic mass is 16.8. The van der Waals surface area contributed by atoms with Crippen molar-refractivity contribution in [3.63, 3.8) is 0 Å². The molecule has 10 atom stereocenters. The SMILES string of the molecule is COc1ccc(C2CCc3c(cc(OC)cc3O[C@@H]3O[C@H](CO[C@@H]4OC[C@@H](OC(=O)c5ccccc5)[C@H](OC(=O)c5ccccc5)[C@H]4OC(=O)c4ccccc4)[C@@H](OC(C)=O)[C@H](OC(C)=O)[C@H]3OC(C)=O)O2)cc1. The molecular formula is C55H54O19. The first-order chi connectivity index (χ1) is 35.8. The monoisotopic (exact) mass is 1020 g/mol. The molecule has 5 aromatic carbocycles. The Kier molecular flexibility index (Phi) is 17.1. The maximum atomic E-state index is 13.9. The minimum atomic E-state index is -1.66. The van der Waals surface area contributed by atoms with Gasteiger partial charge in [-0.2, -0.15) is 0 Å². The van der Waals surface area contributed by atoms with Gasteiger partial charge in [0.25, 0.3) is 0 Å². The zero-order valence-electron chi connectivity index (χ0n) is 41.0. The molecular weight excluding hydrogens is 965 g/mol. The lowest BCUT2D eigenvalue weighted by Gasteiger charge is -2.45. The van der Waals surface area contributed by atoms with Crippen molar-refractivity contribution in [3.05, 3.63) is 155 Å². The average molecular weight is 1020 g/mol. The number of carbonyl (C=O) groups excluding carboxylic acids is 6. The third-order valence-corrected chi connectivity index (χ3v) is 12.1. The molecule has 2 saturated heterocycles. The molecule has 388 valence electrons. The van der Waals surface area contributed by atoms with Gasteiger partial charge in [0.1, 0.15) is 35.2 Å². The quantitative estimate of drug-likeness (QED) is 0.0696. The van der Waals surface area contributed by atoms with Gasteiger partial charge < -0.3 is 61.6 Å². The Morgan fingerprint density at radius 2 is 1.05 bits per heavy atom. The Balaban J connectivity index is 1.13. The highest BCUT2D eigenvalue weighted by Crippen LogP contribution is 2.44. The molecule has 3 aliphatic heterocycles. The molecule has 8 rings (SSSR count). The van der Waals surface area contributed by atoms with Crippen LogP contribution < -0.4 is 18.9 Å². The highest BCUT2D eigenvalue weighted by molar-refractivity contribution is 5.91. The van der Waals surface area contributed by atoms with Crippen molar-refractivity contribution in [1.82, 2.24) is 0 Å². The zero-order chi connectivity index (χ0) is 52.3. The minimum Gasteiger partial charge on any atom is -0.497 e. The number of ether oxygens (including phenoxy) is 13. The van der Waals surface area contributed by atoms with Gasteiger partial charge in [0.2, 0.25) is 12.4 Å². The maximum absolute atomic E-state index is 13.9. The van der Waals surface area contributed by atoms with E-state index in [4.69, 9.17) is 61.6 Å². The van der Waals surface area contributed by atoms with Crippen LogP contribution in [-0.2, 0) is 63.4 Å². The molecule has 2 fully saturated rings. The topological polar surface area (TPSA) is 222 Å². The summed E-state index contributed by atoms with van der Waals surface area (Å²) in [5.74, 6) is -3.39. The summed E-state index contributed by atoms with van der Waals surface area (Å²) in [7, 11) is 3.04. The van der Waals surface area contributed by atoms with Crippen LogP contribution >= 0.6 is 0 Å². The summed E-state index contributed by atoms with van der Waals surface area (Å²) in [6.45, 7) is 2.29. The molecule has 0 bridgehead atoms. The van der Waals surface area contributed by atoms with Crippen LogP contribution in [0.25, 0.3) is 0 Å². The number of rotatable bonds is 17. The molecule has 0 aliphatic carbocycles. The lowest BCUT2D eigenvalue weighted by molar-refractivity contribution is -0.310. The van der Waals surface area contributed by atoms with Crippen molar-refractivity contribution in [1.29, 1.82) is 0 Å². The smallest absolute Gasteiger partial charge is 0.338 e. The Hall–Kier alpha value is -8.00. The van der Waals surface area contributed by atoms with Gasteiger partial charge in [-0.3, -0.25) is 14.4 Å². The molecule has 3 aliphatic rings. The van der Waals surface area contributed by atoms with E-state index in [9.17, 15) is 28.8 Å². The molecule has 0 N–H and O–H groups in total. The molecule has 0 spiro atoms. The maximum Gasteiger partial charge on any atom is 0.338 e. The predicted molar refractivity (Wildman–Crippen MR) is 256 cm³/mol. The molecule has 5 aromatic rings. The van der Waals surface area contributed by atoms with Crippen LogP contribution in [0.5, 0.6) is 23.0 Å². The summed E-state index contributed by atoms with van der Waals surface area (Å²) >= 11 is 0. The van der Waals surface area contributed by atoms with E-state index in [2.05, 4.69) is 0 Å². The van der Waals surface area contributed by atoms with E-state index in [-0.39, 0.29) is 28.5 Å². The second kappa shape index (κ2) is 24.1. The lowest BCUT2D eigenvalue weighted by atomic mass is 9.96. The van der Waals surface area contributed by atoms with E-state index < -0.39 is 104 Å². The molecule has 0 amide bonds. The standard InChI is InChI=1S/C55H54O19/c1-31(56)66-46-45(72-55(50(68-33(3)58)48(46)67-32(2)57)71-43-28-39(63-5)27-42-40(43)25-26-41(69-42)34-21-23-38(62-4)24-22-34)30-65-54-49(74-53(61)37-19-13-8-14-20-37)47(73-52(60)36-17-11-7-12-18-36)44(29-64-54)70-51(59)35-15-9-6-10-16-35/h6-24,27-28,41,44-50,54-55H,25-26,29-30H2,1-5H3/t41?,44-,45-,46-,47+,48+,49-,50-,54+,55-/m1/s1. The van der Waals surface area contributed by atoms with Crippen molar-refractivity contribution in [2.75, 3.05) is 27.4 Å².